The van der Waals surface area contributed by atoms with E-state index in [1.54, 1.807) is 0 Å². The average molecular weight is 536 g/mol. The molecule has 4 atom stereocenters. The molecule has 0 aliphatic carbocycles. The van der Waals surface area contributed by atoms with Crippen molar-refractivity contribution in [1.82, 2.24) is 19.1 Å². The fraction of sp³-hybridized carbons (Fsp3) is 0.588. The van der Waals surface area contributed by atoms with Crippen LogP contribution in [0.4, 0.5) is 32.3 Å². The van der Waals surface area contributed by atoms with Gasteiger partial charge in [-0.25, -0.2) is 9.36 Å². The fourth-order valence-corrected chi connectivity index (χ4v) is 3.92. The molecular weight excluding hydrogens is 520 g/mol. The summed E-state index contributed by atoms with van der Waals surface area (Å²) >= 11 is 5.90. The van der Waals surface area contributed by atoms with E-state index in [0.717, 1.165) is 6.92 Å². The zero-order chi connectivity index (χ0) is 26.5. The van der Waals surface area contributed by atoms with Crippen LogP contribution in [0.5, 0.6) is 0 Å². The second-order valence-corrected chi connectivity index (χ2v) is 7.78. The number of carbonyl (C=O) groups excluding carboxylic acids is 2. The van der Waals surface area contributed by atoms with Gasteiger partial charge in [-0.15, -0.1) is 0 Å². The Morgan fingerprint density at radius 3 is 2.34 bits per heavy atom. The fourth-order valence-electron chi connectivity index (χ4n) is 3.65. The average Bonchev–Trinajstić information content (AvgIpc) is 3.15. The summed E-state index contributed by atoms with van der Waals surface area (Å²) in [7, 11) is 0. The largest absolute Gasteiger partial charge is 0.458 e. The van der Waals surface area contributed by atoms with Crippen LogP contribution < -0.4 is 11.4 Å². The highest BCUT2D eigenvalue weighted by molar-refractivity contribution is 6.33. The molecule has 0 aromatic carbocycles. The van der Waals surface area contributed by atoms with Gasteiger partial charge < -0.3 is 19.9 Å². The summed E-state index contributed by atoms with van der Waals surface area (Å²) in [6.07, 6.45) is -19.2. The molecular formula is C17H16ClF6N5O6. The van der Waals surface area contributed by atoms with Gasteiger partial charge in [0.25, 0.3) is 0 Å². The second-order valence-electron chi connectivity index (χ2n) is 7.42. The first-order chi connectivity index (χ1) is 16.0. The number of hydrogen-bond donors (Lipinski definition) is 1. The monoisotopic (exact) mass is 535 g/mol. The molecule has 2 aromatic rings. The first-order valence-electron chi connectivity index (χ1n) is 9.56. The van der Waals surface area contributed by atoms with Crippen LogP contribution in [0.15, 0.2) is 4.79 Å². The molecule has 3 rings (SSSR count). The smallest absolute Gasteiger partial charge is 0.428 e. The minimum atomic E-state index is -5.14. The Morgan fingerprint density at radius 2 is 1.83 bits per heavy atom. The van der Waals surface area contributed by atoms with Gasteiger partial charge in [0.1, 0.15) is 24.3 Å². The summed E-state index contributed by atoms with van der Waals surface area (Å²) < 4.78 is 95.4. The van der Waals surface area contributed by atoms with Crippen LogP contribution in [-0.4, -0.2) is 61.7 Å². The number of nitrogens with zero attached hydrogens (tertiary/aromatic N) is 4. The number of anilines is 1. The third-order valence-corrected chi connectivity index (χ3v) is 5.00. The molecule has 0 radical (unpaired) electrons. The SMILES string of the molecule is CC(=O)O[C@H]([C@@H]1C[C@@H](OC(C)=O)[C@H](n2c(=O)n(CC(F)(F)F)c3c(Cl)nc(N)nc32)O1)C(F)(F)F. The topological polar surface area (TPSA) is 141 Å². The second kappa shape index (κ2) is 9.18. The minimum absolute atomic E-state index is 0.131. The summed E-state index contributed by atoms with van der Waals surface area (Å²) in [6, 6.07) is 0. The van der Waals surface area contributed by atoms with E-state index in [1.165, 1.54) is 0 Å². The van der Waals surface area contributed by atoms with Crippen molar-refractivity contribution < 1.29 is 50.1 Å². The van der Waals surface area contributed by atoms with E-state index in [-0.39, 0.29) is 4.57 Å². The lowest BCUT2D eigenvalue weighted by Crippen LogP contribution is -2.43. The van der Waals surface area contributed by atoms with Crippen molar-refractivity contribution in [1.29, 1.82) is 0 Å². The summed E-state index contributed by atoms with van der Waals surface area (Å²) in [5.41, 5.74) is 2.79. The standard InChI is InChI=1S/C17H16ClF6N5O6/c1-5(30)33-8-3-7(10(17(22,23)24)34-6(2)31)35-13(8)29-12-9(11(18)26-14(25)27-12)28(15(29)32)4-16(19,20)21/h7-8,10,13H,3-4H2,1-2H3,(H2,25,26,27)/t7-,8+,10+,13+/m0/s1. The third kappa shape index (κ3) is 5.61. The molecule has 2 N–H and O–H groups in total. The Kier molecular flexibility index (Phi) is 6.95. The Bertz CT molecular complexity index is 1210. The molecule has 2 aromatic heterocycles. The Hall–Kier alpha value is -3.08. The van der Waals surface area contributed by atoms with Crippen molar-refractivity contribution in [2.75, 3.05) is 5.73 Å². The van der Waals surface area contributed by atoms with Crippen molar-refractivity contribution in [3.05, 3.63) is 15.6 Å². The highest BCUT2D eigenvalue weighted by Gasteiger charge is 2.54. The number of esters is 2. The number of nitrogens with two attached hydrogens (primary N) is 1. The maximum Gasteiger partial charge on any atom is 0.428 e. The summed E-state index contributed by atoms with van der Waals surface area (Å²) in [6.45, 7) is -0.245. The molecule has 1 aliphatic heterocycles. The maximum absolute atomic E-state index is 13.6. The third-order valence-electron chi connectivity index (χ3n) is 4.73. The normalized spacial score (nSPS) is 21.8. The molecule has 0 amide bonds. The van der Waals surface area contributed by atoms with Crippen molar-refractivity contribution in [3.63, 3.8) is 0 Å². The number of hydrogen-bond acceptors (Lipinski definition) is 9. The van der Waals surface area contributed by atoms with Gasteiger partial charge in [0.15, 0.2) is 17.0 Å². The molecule has 0 bridgehead atoms. The molecule has 1 fully saturated rings. The quantitative estimate of drug-likeness (QED) is 0.346. The van der Waals surface area contributed by atoms with Crippen LogP contribution in [-0.2, 0) is 30.3 Å². The van der Waals surface area contributed by atoms with Gasteiger partial charge in [0, 0.05) is 20.3 Å². The summed E-state index contributed by atoms with van der Waals surface area (Å²) in [5, 5.41) is -0.653. The first kappa shape index (κ1) is 26.5. The molecule has 194 valence electrons. The van der Waals surface area contributed by atoms with Crippen molar-refractivity contribution in [3.8, 4) is 0 Å². The van der Waals surface area contributed by atoms with Crippen LogP contribution in [0.2, 0.25) is 5.15 Å². The van der Waals surface area contributed by atoms with Gasteiger partial charge in [-0.2, -0.15) is 36.3 Å². The van der Waals surface area contributed by atoms with Crippen LogP contribution in [0.1, 0.15) is 26.5 Å². The number of imidazole rings is 1. The lowest BCUT2D eigenvalue weighted by atomic mass is 10.1. The van der Waals surface area contributed by atoms with E-state index in [9.17, 15) is 40.7 Å². The number of alkyl halides is 6. The van der Waals surface area contributed by atoms with Gasteiger partial charge in [0.2, 0.25) is 12.1 Å². The Balaban J connectivity index is 2.20. The van der Waals surface area contributed by atoms with E-state index < -0.39 is 89.8 Å². The zero-order valence-corrected chi connectivity index (χ0v) is 18.4. The first-order valence-corrected chi connectivity index (χ1v) is 9.94. The number of halogens is 7. The maximum atomic E-state index is 13.6. The molecule has 1 aliphatic rings. The molecule has 1 saturated heterocycles. The predicted molar refractivity (Wildman–Crippen MR) is 103 cm³/mol. The van der Waals surface area contributed by atoms with Gasteiger partial charge >= 0.3 is 30.0 Å². The van der Waals surface area contributed by atoms with Crippen LogP contribution in [0.25, 0.3) is 11.2 Å². The lowest BCUT2D eigenvalue weighted by Gasteiger charge is -2.25. The van der Waals surface area contributed by atoms with Crippen LogP contribution >= 0.6 is 11.6 Å². The predicted octanol–water partition coefficient (Wildman–Crippen LogP) is 2.10. The molecule has 18 heteroatoms. The summed E-state index contributed by atoms with van der Waals surface area (Å²) in [5.74, 6) is -2.89. The van der Waals surface area contributed by atoms with Crippen LogP contribution in [0.3, 0.4) is 0 Å². The van der Waals surface area contributed by atoms with E-state index in [0.29, 0.717) is 11.5 Å². The molecule has 0 unspecified atom stereocenters. The van der Waals surface area contributed by atoms with Crippen LogP contribution in [0, 0.1) is 0 Å². The summed E-state index contributed by atoms with van der Waals surface area (Å²) in [4.78, 5) is 43.1. The number of ether oxygens (including phenoxy) is 3. The number of aromatic nitrogens is 4. The van der Waals surface area contributed by atoms with Crippen molar-refractivity contribution >= 4 is 40.7 Å². The van der Waals surface area contributed by atoms with Gasteiger partial charge in [-0.05, 0) is 0 Å². The number of nitrogen functional groups attached to an aromatic ring is 1. The number of rotatable bonds is 5. The number of carbonyl (C=O) groups is 2. The van der Waals surface area contributed by atoms with Crippen molar-refractivity contribution in [2.45, 2.75) is 63.7 Å². The van der Waals surface area contributed by atoms with Gasteiger partial charge in [-0.3, -0.25) is 14.2 Å². The highest BCUT2D eigenvalue weighted by Crippen LogP contribution is 2.40. The van der Waals surface area contributed by atoms with E-state index in [1.807, 2.05) is 0 Å². The lowest BCUT2D eigenvalue weighted by molar-refractivity contribution is -0.248. The zero-order valence-electron chi connectivity index (χ0n) is 17.7. The Morgan fingerprint density at radius 1 is 1.20 bits per heavy atom. The highest BCUT2D eigenvalue weighted by atomic mass is 35.5. The molecule has 3 heterocycles. The van der Waals surface area contributed by atoms with E-state index in [4.69, 9.17) is 26.8 Å². The molecule has 0 saturated carbocycles. The molecule has 0 spiro atoms. The number of fused-ring (bicyclic) bond motifs is 1. The van der Waals surface area contributed by atoms with Gasteiger partial charge in [-0.1, -0.05) is 11.6 Å². The Labute approximate surface area is 195 Å². The van der Waals surface area contributed by atoms with E-state index >= 15 is 0 Å². The molecule has 35 heavy (non-hydrogen) atoms. The van der Waals surface area contributed by atoms with Gasteiger partial charge in [0.05, 0.1) is 0 Å². The van der Waals surface area contributed by atoms with Crippen molar-refractivity contribution in [2.24, 2.45) is 0 Å². The molecule has 11 nitrogen and oxygen atoms in total. The minimum Gasteiger partial charge on any atom is -0.458 e. The van der Waals surface area contributed by atoms with E-state index in [2.05, 4.69) is 14.7 Å².